The molecule has 0 saturated carbocycles. The summed E-state index contributed by atoms with van der Waals surface area (Å²) in [5.74, 6) is 0.0736. The zero-order valence-corrected chi connectivity index (χ0v) is 16.2. The number of fused-ring (bicyclic) bond motifs is 1. The molecule has 130 valence electrons. The summed E-state index contributed by atoms with van der Waals surface area (Å²) >= 11 is 3.46. The summed E-state index contributed by atoms with van der Waals surface area (Å²) in [6, 6.07) is 7.18. The van der Waals surface area contributed by atoms with Crippen LogP contribution < -0.4 is 0 Å². The van der Waals surface area contributed by atoms with Crippen molar-refractivity contribution in [1.29, 1.82) is 0 Å². The lowest BCUT2D eigenvalue weighted by molar-refractivity contribution is 0.0971. The first kappa shape index (κ1) is 19.1. The maximum Gasteiger partial charge on any atom is 0.190 e. The maximum atomic E-state index is 12.6. The van der Waals surface area contributed by atoms with Crippen molar-refractivity contribution >= 4 is 27.5 Å². The molecule has 0 bridgehead atoms. The van der Waals surface area contributed by atoms with Gasteiger partial charge in [-0.25, -0.2) is 0 Å². The van der Waals surface area contributed by atoms with E-state index in [2.05, 4.69) is 15.9 Å². The molecule has 0 spiro atoms. The van der Waals surface area contributed by atoms with Gasteiger partial charge in [-0.05, 0) is 26.2 Å². The molecular weight excluding hydrogens is 364 g/mol. The molecule has 3 heteroatoms. The van der Waals surface area contributed by atoms with E-state index in [1.54, 1.807) is 19.1 Å². The van der Waals surface area contributed by atoms with Crippen LogP contribution in [0.5, 0.6) is 0 Å². The predicted molar refractivity (Wildman–Crippen MR) is 103 cm³/mol. The van der Waals surface area contributed by atoms with Crippen LogP contribution in [0.4, 0.5) is 0 Å². The third kappa shape index (κ3) is 4.89. The third-order valence-electron chi connectivity index (χ3n) is 4.79. The molecule has 24 heavy (non-hydrogen) atoms. The van der Waals surface area contributed by atoms with Gasteiger partial charge in [-0.3, -0.25) is 9.59 Å². The lowest BCUT2D eigenvalue weighted by Crippen LogP contribution is -2.20. The molecule has 1 aromatic carbocycles. The van der Waals surface area contributed by atoms with Crippen LogP contribution in [0.25, 0.3) is 0 Å². The first-order chi connectivity index (χ1) is 11.7. The third-order valence-corrected chi connectivity index (χ3v) is 5.35. The van der Waals surface area contributed by atoms with Gasteiger partial charge in [-0.1, -0.05) is 78.7 Å². The van der Waals surface area contributed by atoms with Crippen LogP contribution in [0.2, 0.25) is 0 Å². The Morgan fingerprint density at radius 2 is 1.25 bits per heavy atom. The van der Waals surface area contributed by atoms with Gasteiger partial charge >= 0.3 is 0 Å². The molecule has 0 saturated heterocycles. The van der Waals surface area contributed by atoms with E-state index in [-0.39, 0.29) is 11.6 Å². The van der Waals surface area contributed by atoms with Crippen LogP contribution in [-0.2, 0) is 0 Å². The Balaban J connectivity index is 1.78. The van der Waals surface area contributed by atoms with Gasteiger partial charge in [-0.2, -0.15) is 0 Å². The van der Waals surface area contributed by atoms with Gasteiger partial charge in [0.05, 0.1) is 0 Å². The fourth-order valence-corrected chi connectivity index (χ4v) is 3.71. The molecule has 2 rings (SSSR count). The number of rotatable bonds is 10. The molecule has 0 radical (unpaired) electrons. The van der Waals surface area contributed by atoms with E-state index in [1.165, 1.54) is 38.5 Å². The van der Waals surface area contributed by atoms with Gasteiger partial charge in [-0.15, -0.1) is 0 Å². The number of Topliss-reactive ketones (excluding diaryl/α,β-unsaturated/α-hetero) is 2. The van der Waals surface area contributed by atoms with Crippen molar-refractivity contribution in [2.24, 2.45) is 0 Å². The van der Waals surface area contributed by atoms with E-state index in [4.69, 9.17) is 0 Å². The number of alkyl halides is 1. The molecule has 2 nitrogen and oxygen atoms in total. The summed E-state index contributed by atoms with van der Waals surface area (Å²) in [5.41, 5.74) is 2.52. The second-order valence-corrected chi connectivity index (χ2v) is 7.37. The predicted octanol–water partition coefficient (Wildman–Crippen LogP) is 6.29. The van der Waals surface area contributed by atoms with Crippen molar-refractivity contribution in [3.63, 3.8) is 0 Å². The molecule has 0 heterocycles. The van der Waals surface area contributed by atoms with Gasteiger partial charge < -0.3 is 0 Å². The first-order valence-corrected chi connectivity index (χ1v) is 10.2. The number of allylic oxidation sites excluding steroid dienone is 2. The molecule has 1 aromatic rings. The van der Waals surface area contributed by atoms with E-state index in [0.29, 0.717) is 16.7 Å². The van der Waals surface area contributed by atoms with Crippen LogP contribution >= 0.6 is 15.9 Å². The minimum absolute atomic E-state index is 0.0204. The van der Waals surface area contributed by atoms with Gasteiger partial charge in [0.2, 0.25) is 0 Å². The molecule has 0 N–H and O–H groups in total. The fourth-order valence-electron chi connectivity index (χ4n) is 3.31. The van der Waals surface area contributed by atoms with Crippen molar-refractivity contribution in [3.05, 3.63) is 46.5 Å². The zero-order chi connectivity index (χ0) is 17.4. The Bertz CT molecular complexity index is 616. The Labute approximate surface area is 153 Å². The lowest BCUT2D eigenvalue weighted by Gasteiger charge is -2.18. The van der Waals surface area contributed by atoms with Crippen LogP contribution in [0.15, 0.2) is 35.4 Å². The molecule has 0 fully saturated rings. The topological polar surface area (TPSA) is 34.1 Å². The first-order valence-electron chi connectivity index (χ1n) is 9.11. The highest BCUT2D eigenvalue weighted by Crippen LogP contribution is 2.29. The summed E-state index contributed by atoms with van der Waals surface area (Å²) in [6.07, 6.45) is 10.6. The molecule has 0 amide bonds. The number of hydrogen-bond acceptors (Lipinski definition) is 2. The summed E-state index contributed by atoms with van der Waals surface area (Å²) in [5, 5.41) is 1.11. The molecule has 1 aliphatic rings. The highest BCUT2D eigenvalue weighted by atomic mass is 79.9. The Morgan fingerprint density at radius 1 is 0.750 bits per heavy atom. The standard InChI is InChI=1S/C21H27BrO2/c1-16-17(12-8-6-4-2-3-5-7-11-15-22)21(24)19-14-10-9-13-18(19)20(16)23/h9-10,13-14H,2-8,11-12,15H2,1H3. The zero-order valence-electron chi connectivity index (χ0n) is 14.6. The van der Waals surface area contributed by atoms with Crippen molar-refractivity contribution < 1.29 is 9.59 Å². The monoisotopic (exact) mass is 390 g/mol. The van der Waals surface area contributed by atoms with E-state index >= 15 is 0 Å². The molecule has 0 aromatic heterocycles. The number of carbonyl (C=O) groups is 2. The largest absolute Gasteiger partial charge is 0.289 e. The van der Waals surface area contributed by atoms with Gasteiger partial charge in [0, 0.05) is 27.6 Å². The summed E-state index contributed by atoms with van der Waals surface area (Å²) < 4.78 is 0. The number of ketones is 2. The van der Waals surface area contributed by atoms with E-state index in [9.17, 15) is 9.59 Å². The minimum atomic E-state index is 0.0204. The Hall–Kier alpha value is -1.22. The molecule has 1 aliphatic carbocycles. The molecule has 0 atom stereocenters. The highest BCUT2D eigenvalue weighted by molar-refractivity contribution is 9.09. The van der Waals surface area contributed by atoms with Gasteiger partial charge in [0.15, 0.2) is 11.6 Å². The Kier molecular flexibility index (Phi) is 7.90. The number of unbranched alkanes of at least 4 members (excludes halogenated alkanes) is 7. The van der Waals surface area contributed by atoms with Crippen LogP contribution in [-0.4, -0.2) is 16.9 Å². The van der Waals surface area contributed by atoms with Crippen molar-refractivity contribution in [3.8, 4) is 0 Å². The molecular formula is C21H27BrO2. The van der Waals surface area contributed by atoms with Gasteiger partial charge in [0.25, 0.3) is 0 Å². The second kappa shape index (κ2) is 9.93. The average molecular weight is 391 g/mol. The number of benzene rings is 1. The number of hydrogen-bond donors (Lipinski definition) is 0. The number of halogens is 1. The van der Waals surface area contributed by atoms with E-state index < -0.39 is 0 Å². The molecule has 0 aliphatic heterocycles. The van der Waals surface area contributed by atoms with E-state index in [0.717, 1.165) is 30.2 Å². The summed E-state index contributed by atoms with van der Waals surface area (Å²) in [6.45, 7) is 1.80. The van der Waals surface area contributed by atoms with Crippen LogP contribution in [0, 0.1) is 0 Å². The van der Waals surface area contributed by atoms with E-state index in [1.807, 2.05) is 12.1 Å². The number of carbonyl (C=O) groups excluding carboxylic acids is 2. The molecule has 0 unspecified atom stereocenters. The average Bonchev–Trinajstić information content (AvgIpc) is 2.61. The normalized spacial score (nSPS) is 14.2. The fraction of sp³-hybridized carbons (Fsp3) is 0.524. The summed E-state index contributed by atoms with van der Waals surface area (Å²) in [4.78, 5) is 25.0. The van der Waals surface area contributed by atoms with Crippen molar-refractivity contribution in [2.75, 3.05) is 5.33 Å². The smallest absolute Gasteiger partial charge is 0.190 e. The Morgan fingerprint density at radius 3 is 1.83 bits per heavy atom. The summed E-state index contributed by atoms with van der Waals surface area (Å²) in [7, 11) is 0. The van der Waals surface area contributed by atoms with Crippen molar-refractivity contribution in [1.82, 2.24) is 0 Å². The van der Waals surface area contributed by atoms with Crippen LogP contribution in [0.1, 0.15) is 85.4 Å². The van der Waals surface area contributed by atoms with Crippen LogP contribution in [0.3, 0.4) is 0 Å². The van der Waals surface area contributed by atoms with Crippen molar-refractivity contribution in [2.45, 2.75) is 64.7 Å². The lowest BCUT2D eigenvalue weighted by atomic mass is 9.82. The quantitative estimate of drug-likeness (QED) is 0.347. The highest BCUT2D eigenvalue weighted by Gasteiger charge is 2.28. The van der Waals surface area contributed by atoms with Gasteiger partial charge in [0.1, 0.15) is 0 Å². The minimum Gasteiger partial charge on any atom is -0.289 e. The maximum absolute atomic E-state index is 12.6. The SMILES string of the molecule is CC1=C(CCCCCCCCCCBr)C(=O)c2ccccc2C1=O. The second-order valence-electron chi connectivity index (χ2n) is 6.57.